The van der Waals surface area contributed by atoms with Gasteiger partial charge < -0.3 is 15.8 Å². The average molecular weight is 444 g/mol. The van der Waals surface area contributed by atoms with Gasteiger partial charge in [-0.1, -0.05) is 36.4 Å². The van der Waals surface area contributed by atoms with Crippen LogP contribution < -0.4 is 15.8 Å². The number of para-hydroxylation sites is 2. The summed E-state index contributed by atoms with van der Waals surface area (Å²) in [6.45, 7) is 0. The van der Waals surface area contributed by atoms with Crippen molar-refractivity contribution in [1.82, 2.24) is 10.3 Å². The van der Waals surface area contributed by atoms with Gasteiger partial charge in [0.15, 0.2) is 0 Å². The molecule has 9 heteroatoms. The Hall–Kier alpha value is -4.53. The van der Waals surface area contributed by atoms with Crippen molar-refractivity contribution in [3.8, 4) is 5.75 Å². The highest BCUT2D eigenvalue weighted by Crippen LogP contribution is 2.27. The predicted octanol–water partition coefficient (Wildman–Crippen LogP) is 3.13. The Labute approximate surface area is 188 Å². The highest BCUT2D eigenvalue weighted by molar-refractivity contribution is 6.16. The second-order valence-corrected chi connectivity index (χ2v) is 7.41. The SMILES string of the molecule is COc1ccc([N+](=O)[O-])cc1C[C@H](NC(=O)c1c2ccccc2nc2ccccc12)C(N)=O. The molecule has 0 spiro atoms. The van der Waals surface area contributed by atoms with E-state index in [-0.39, 0.29) is 12.1 Å². The molecule has 0 aliphatic carbocycles. The van der Waals surface area contributed by atoms with Crippen molar-refractivity contribution in [1.29, 1.82) is 0 Å². The van der Waals surface area contributed by atoms with Crippen LogP contribution in [0, 0.1) is 10.1 Å². The monoisotopic (exact) mass is 444 g/mol. The minimum absolute atomic E-state index is 0.0765. The molecule has 0 unspecified atom stereocenters. The molecule has 0 bridgehead atoms. The first-order valence-electron chi connectivity index (χ1n) is 10.1. The number of nitrogens with one attached hydrogen (secondary N) is 1. The standard InChI is InChI=1S/C24H20N4O5/c1-33-21-11-10-15(28(31)32)12-14(21)13-20(23(25)29)27-24(30)22-16-6-2-4-8-18(16)26-19-9-5-3-7-17(19)22/h2-12,20H,13H2,1H3,(H2,25,29)(H,27,30)/t20-/m0/s1. The molecule has 0 aliphatic rings. The lowest BCUT2D eigenvalue weighted by Gasteiger charge is -2.18. The molecule has 3 N–H and O–H groups in total. The lowest BCUT2D eigenvalue weighted by Crippen LogP contribution is -2.46. The van der Waals surface area contributed by atoms with E-state index in [0.29, 0.717) is 38.7 Å². The van der Waals surface area contributed by atoms with Crippen LogP contribution in [-0.4, -0.2) is 34.9 Å². The fraction of sp³-hybridized carbons (Fsp3) is 0.125. The van der Waals surface area contributed by atoms with Crippen LogP contribution in [0.4, 0.5) is 5.69 Å². The minimum Gasteiger partial charge on any atom is -0.496 e. The summed E-state index contributed by atoms with van der Waals surface area (Å²) < 4.78 is 5.27. The number of hydrogen-bond acceptors (Lipinski definition) is 6. The molecule has 0 saturated heterocycles. The first kappa shape index (κ1) is 21.7. The fourth-order valence-corrected chi connectivity index (χ4v) is 3.80. The minimum atomic E-state index is -1.13. The number of carbonyl (C=O) groups excluding carboxylic acids is 2. The first-order valence-corrected chi connectivity index (χ1v) is 10.1. The van der Waals surface area contributed by atoms with Gasteiger partial charge in [-0.25, -0.2) is 4.98 Å². The van der Waals surface area contributed by atoms with Crippen LogP contribution in [0.1, 0.15) is 15.9 Å². The number of fused-ring (bicyclic) bond motifs is 2. The van der Waals surface area contributed by atoms with E-state index in [0.717, 1.165) is 0 Å². The molecule has 4 aromatic rings. The number of nitro groups is 1. The molecule has 0 radical (unpaired) electrons. The summed E-state index contributed by atoms with van der Waals surface area (Å²) in [7, 11) is 1.41. The number of amides is 2. The van der Waals surface area contributed by atoms with Crippen LogP contribution in [-0.2, 0) is 11.2 Å². The van der Waals surface area contributed by atoms with Crippen LogP contribution in [0.3, 0.4) is 0 Å². The Morgan fingerprint density at radius 2 is 1.67 bits per heavy atom. The summed E-state index contributed by atoms with van der Waals surface area (Å²) in [6, 6.07) is 17.3. The quantitative estimate of drug-likeness (QED) is 0.255. The van der Waals surface area contributed by atoms with E-state index in [1.807, 2.05) is 12.1 Å². The number of primary amides is 1. The van der Waals surface area contributed by atoms with Gasteiger partial charge in [-0.2, -0.15) is 0 Å². The number of pyridine rings is 1. The Morgan fingerprint density at radius 3 is 2.21 bits per heavy atom. The number of nitrogens with zero attached hydrogens (tertiary/aromatic N) is 2. The number of rotatable bonds is 7. The Morgan fingerprint density at radius 1 is 1.06 bits per heavy atom. The highest BCUT2D eigenvalue weighted by atomic mass is 16.6. The summed E-state index contributed by atoms with van der Waals surface area (Å²) in [5.41, 5.74) is 7.44. The Kier molecular flexibility index (Phi) is 5.86. The zero-order valence-electron chi connectivity index (χ0n) is 17.6. The number of methoxy groups -OCH3 is 1. The lowest BCUT2D eigenvalue weighted by molar-refractivity contribution is -0.384. The van der Waals surface area contributed by atoms with Crippen molar-refractivity contribution in [2.24, 2.45) is 5.73 Å². The summed E-state index contributed by atoms with van der Waals surface area (Å²) in [5, 5.41) is 15.1. The molecule has 2 amide bonds. The number of benzene rings is 3. The molecule has 1 atom stereocenters. The number of carbonyl (C=O) groups is 2. The van der Waals surface area contributed by atoms with E-state index in [9.17, 15) is 19.7 Å². The number of nitro benzene ring substituents is 1. The maximum atomic E-state index is 13.4. The van der Waals surface area contributed by atoms with Crippen molar-refractivity contribution in [2.75, 3.05) is 7.11 Å². The summed E-state index contributed by atoms with van der Waals surface area (Å²) in [5.74, 6) is -0.932. The topological polar surface area (TPSA) is 137 Å². The maximum Gasteiger partial charge on any atom is 0.269 e. The number of ether oxygens (including phenoxy) is 1. The molecule has 9 nitrogen and oxygen atoms in total. The smallest absolute Gasteiger partial charge is 0.269 e. The molecular formula is C24H20N4O5. The second kappa shape index (κ2) is 8.91. The van der Waals surface area contributed by atoms with Gasteiger partial charge in [0.2, 0.25) is 5.91 Å². The molecule has 0 fully saturated rings. The van der Waals surface area contributed by atoms with E-state index in [1.54, 1.807) is 36.4 Å². The number of nitrogens with two attached hydrogens (primary N) is 1. The van der Waals surface area contributed by atoms with E-state index in [1.165, 1.54) is 25.3 Å². The number of hydrogen-bond donors (Lipinski definition) is 2. The molecule has 1 aromatic heterocycles. The number of aromatic nitrogens is 1. The highest BCUT2D eigenvalue weighted by Gasteiger charge is 2.25. The van der Waals surface area contributed by atoms with Crippen molar-refractivity contribution < 1.29 is 19.2 Å². The molecule has 0 aliphatic heterocycles. The van der Waals surface area contributed by atoms with Crippen LogP contribution in [0.15, 0.2) is 66.7 Å². The third kappa shape index (κ3) is 4.29. The van der Waals surface area contributed by atoms with Gasteiger partial charge in [0.25, 0.3) is 11.6 Å². The molecular weight excluding hydrogens is 424 g/mol. The van der Waals surface area contributed by atoms with Crippen LogP contribution in [0.5, 0.6) is 5.75 Å². The van der Waals surface area contributed by atoms with Crippen molar-refractivity contribution in [2.45, 2.75) is 12.5 Å². The molecule has 1 heterocycles. The third-order valence-electron chi connectivity index (χ3n) is 5.36. The summed E-state index contributed by atoms with van der Waals surface area (Å²) >= 11 is 0. The molecule has 0 saturated carbocycles. The van der Waals surface area contributed by atoms with E-state index >= 15 is 0 Å². The molecule has 3 aromatic carbocycles. The van der Waals surface area contributed by atoms with E-state index in [2.05, 4.69) is 10.3 Å². The average Bonchev–Trinajstić information content (AvgIpc) is 2.81. The predicted molar refractivity (Wildman–Crippen MR) is 123 cm³/mol. The number of non-ortho nitro benzene ring substituents is 1. The van der Waals surface area contributed by atoms with Gasteiger partial charge in [-0.15, -0.1) is 0 Å². The normalized spacial score (nSPS) is 11.8. The zero-order valence-corrected chi connectivity index (χ0v) is 17.6. The van der Waals surface area contributed by atoms with Crippen LogP contribution in [0.2, 0.25) is 0 Å². The Bertz CT molecular complexity index is 1350. The van der Waals surface area contributed by atoms with Gasteiger partial charge in [0.1, 0.15) is 11.8 Å². The van der Waals surface area contributed by atoms with Crippen molar-refractivity contribution in [3.63, 3.8) is 0 Å². The Balaban J connectivity index is 1.74. The molecule has 33 heavy (non-hydrogen) atoms. The van der Waals surface area contributed by atoms with Gasteiger partial charge in [0.05, 0.1) is 28.6 Å². The lowest BCUT2D eigenvalue weighted by atomic mass is 10.00. The summed E-state index contributed by atoms with van der Waals surface area (Å²) in [6.07, 6.45) is -0.0765. The first-order chi connectivity index (χ1) is 15.9. The third-order valence-corrected chi connectivity index (χ3v) is 5.36. The van der Waals surface area contributed by atoms with Gasteiger partial charge in [0, 0.05) is 34.9 Å². The van der Waals surface area contributed by atoms with Crippen molar-refractivity contribution in [3.05, 3.63) is 88.0 Å². The summed E-state index contributed by atoms with van der Waals surface area (Å²) in [4.78, 5) is 40.9. The van der Waals surface area contributed by atoms with Crippen molar-refractivity contribution >= 4 is 39.3 Å². The second-order valence-electron chi connectivity index (χ2n) is 7.41. The molecule has 4 rings (SSSR count). The van der Waals surface area contributed by atoms with Crippen LogP contribution in [0.25, 0.3) is 21.8 Å². The fourth-order valence-electron chi connectivity index (χ4n) is 3.80. The maximum absolute atomic E-state index is 13.4. The van der Waals surface area contributed by atoms with E-state index < -0.39 is 22.8 Å². The largest absolute Gasteiger partial charge is 0.496 e. The van der Waals surface area contributed by atoms with Gasteiger partial charge in [-0.05, 0) is 18.2 Å². The molecule has 166 valence electrons. The van der Waals surface area contributed by atoms with Gasteiger partial charge >= 0.3 is 0 Å². The van der Waals surface area contributed by atoms with Crippen LogP contribution >= 0.6 is 0 Å². The van der Waals surface area contributed by atoms with Gasteiger partial charge in [-0.3, -0.25) is 19.7 Å². The zero-order chi connectivity index (χ0) is 23.5. The van der Waals surface area contributed by atoms with E-state index in [4.69, 9.17) is 10.5 Å².